The van der Waals surface area contributed by atoms with Gasteiger partial charge in [0.2, 0.25) is 5.91 Å². The maximum absolute atomic E-state index is 13.3. The van der Waals surface area contributed by atoms with Crippen LogP contribution in [-0.4, -0.2) is 30.1 Å². The lowest BCUT2D eigenvalue weighted by atomic mass is 9.73. The summed E-state index contributed by atoms with van der Waals surface area (Å²) >= 11 is 0. The number of carbonyl (C=O) groups is 2. The number of carbonyl (C=O) groups excluding carboxylic acids is 1. The van der Waals surface area contributed by atoms with E-state index in [9.17, 15) is 14.7 Å². The summed E-state index contributed by atoms with van der Waals surface area (Å²) < 4.78 is 5.24. The quantitative estimate of drug-likeness (QED) is 0.448. The van der Waals surface area contributed by atoms with Crippen molar-refractivity contribution in [3.05, 3.63) is 96.1 Å². The van der Waals surface area contributed by atoms with Gasteiger partial charge in [0.25, 0.3) is 0 Å². The highest BCUT2D eigenvalue weighted by Gasteiger charge is 2.53. The summed E-state index contributed by atoms with van der Waals surface area (Å²) in [6.07, 6.45) is 2.76. The van der Waals surface area contributed by atoms with Gasteiger partial charge in [0.1, 0.15) is 5.75 Å². The number of carboxylic acid groups (broad SMARTS) is 1. The van der Waals surface area contributed by atoms with Crippen LogP contribution < -0.4 is 9.64 Å². The van der Waals surface area contributed by atoms with Gasteiger partial charge in [-0.3, -0.25) is 9.59 Å². The average molecular weight is 444 g/mol. The van der Waals surface area contributed by atoms with Crippen LogP contribution in [0.2, 0.25) is 0 Å². The molecule has 0 spiro atoms. The summed E-state index contributed by atoms with van der Waals surface area (Å²) in [5.41, 5.74) is 2.90. The molecular weight excluding hydrogens is 414 g/mol. The average Bonchev–Trinajstić information content (AvgIpc) is 2.85. The number of rotatable bonds is 10. The fraction of sp³-hybridized carbons (Fsp3) is 0.286. The van der Waals surface area contributed by atoms with Crippen LogP contribution in [0.1, 0.15) is 24.0 Å². The maximum atomic E-state index is 13.3. The van der Waals surface area contributed by atoms with Gasteiger partial charge in [-0.2, -0.15) is 0 Å². The first-order chi connectivity index (χ1) is 16.1. The molecule has 0 radical (unpaired) electrons. The number of benzene rings is 3. The molecule has 3 unspecified atom stereocenters. The van der Waals surface area contributed by atoms with Gasteiger partial charge in [-0.25, -0.2) is 0 Å². The number of anilines is 1. The van der Waals surface area contributed by atoms with E-state index in [0.717, 1.165) is 18.4 Å². The molecule has 1 saturated heterocycles. The van der Waals surface area contributed by atoms with E-state index in [2.05, 4.69) is 12.1 Å². The third-order valence-corrected chi connectivity index (χ3v) is 6.47. The van der Waals surface area contributed by atoms with Gasteiger partial charge in [-0.1, -0.05) is 60.7 Å². The van der Waals surface area contributed by atoms with Crippen molar-refractivity contribution in [2.45, 2.75) is 31.7 Å². The Morgan fingerprint density at radius 1 is 0.939 bits per heavy atom. The Morgan fingerprint density at radius 3 is 2.12 bits per heavy atom. The fourth-order valence-electron chi connectivity index (χ4n) is 4.76. The molecule has 0 aliphatic carbocycles. The molecule has 1 fully saturated rings. The van der Waals surface area contributed by atoms with Crippen LogP contribution in [0.15, 0.2) is 84.9 Å². The molecule has 1 aliphatic rings. The van der Waals surface area contributed by atoms with Gasteiger partial charge in [-0.05, 0) is 61.1 Å². The minimum absolute atomic E-state index is 0.00228. The van der Waals surface area contributed by atoms with Crippen molar-refractivity contribution in [3.63, 3.8) is 0 Å². The highest BCUT2D eigenvalue weighted by atomic mass is 16.5. The predicted molar refractivity (Wildman–Crippen MR) is 128 cm³/mol. The van der Waals surface area contributed by atoms with Crippen molar-refractivity contribution in [3.8, 4) is 5.75 Å². The summed E-state index contributed by atoms with van der Waals surface area (Å²) in [4.78, 5) is 27.3. The standard InChI is InChI=1S/C28H29NO4/c1-33-23-17-15-22(16-18-23)29-26(25(28(31)32)19-21-11-6-3-7-12-21)24(27(29)30)14-8-13-20-9-4-2-5-10-20/h2-7,9-12,15-18,24-26H,8,13-14,19H2,1H3,(H,31,32). The first kappa shape index (κ1) is 22.6. The second-order valence-corrected chi connectivity index (χ2v) is 8.52. The van der Waals surface area contributed by atoms with E-state index >= 15 is 0 Å². The molecule has 0 aromatic heterocycles. The molecule has 1 aliphatic heterocycles. The molecule has 5 nitrogen and oxygen atoms in total. The van der Waals surface area contributed by atoms with E-state index in [4.69, 9.17) is 4.74 Å². The van der Waals surface area contributed by atoms with Crippen LogP contribution in [0.3, 0.4) is 0 Å². The Bertz CT molecular complexity index is 1070. The number of carboxylic acids is 1. The first-order valence-corrected chi connectivity index (χ1v) is 11.4. The topological polar surface area (TPSA) is 66.8 Å². The van der Waals surface area contributed by atoms with E-state index < -0.39 is 11.9 Å². The Labute approximate surface area is 194 Å². The van der Waals surface area contributed by atoms with Crippen LogP contribution in [0.25, 0.3) is 0 Å². The zero-order valence-electron chi connectivity index (χ0n) is 18.8. The molecule has 5 heteroatoms. The number of amides is 1. The van der Waals surface area contributed by atoms with Crippen molar-refractivity contribution in [1.82, 2.24) is 0 Å². The first-order valence-electron chi connectivity index (χ1n) is 11.4. The van der Waals surface area contributed by atoms with E-state index in [0.29, 0.717) is 24.3 Å². The molecule has 0 saturated carbocycles. The molecule has 33 heavy (non-hydrogen) atoms. The number of aliphatic carboxylic acids is 1. The van der Waals surface area contributed by atoms with Gasteiger partial charge >= 0.3 is 5.97 Å². The van der Waals surface area contributed by atoms with Gasteiger partial charge < -0.3 is 14.7 Å². The molecular formula is C28H29NO4. The minimum atomic E-state index is -0.872. The molecule has 1 heterocycles. The molecule has 3 aromatic carbocycles. The highest BCUT2D eigenvalue weighted by molar-refractivity contribution is 6.04. The van der Waals surface area contributed by atoms with Crippen LogP contribution in [-0.2, 0) is 22.4 Å². The second-order valence-electron chi connectivity index (χ2n) is 8.52. The van der Waals surface area contributed by atoms with E-state index in [1.54, 1.807) is 24.1 Å². The van der Waals surface area contributed by atoms with Gasteiger partial charge in [0, 0.05) is 5.69 Å². The lowest BCUT2D eigenvalue weighted by molar-refractivity contribution is -0.146. The summed E-state index contributed by atoms with van der Waals surface area (Å²) in [7, 11) is 1.59. The summed E-state index contributed by atoms with van der Waals surface area (Å²) in [5, 5.41) is 10.2. The highest BCUT2D eigenvalue weighted by Crippen LogP contribution is 2.41. The molecule has 170 valence electrons. The van der Waals surface area contributed by atoms with Crippen LogP contribution in [0.5, 0.6) is 5.75 Å². The van der Waals surface area contributed by atoms with Gasteiger partial charge in [0.15, 0.2) is 0 Å². The normalized spacial score (nSPS) is 18.5. The number of nitrogens with zero attached hydrogens (tertiary/aromatic N) is 1. The smallest absolute Gasteiger partial charge is 0.308 e. The molecule has 0 bridgehead atoms. The van der Waals surface area contributed by atoms with E-state index in [1.807, 2.05) is 60.7 Å². The second kappa shape index (κ2) is 10.3. The van der Waals surface area contributed by atoms with E-state index in [-0.39, 0.29) is 17.9 Å². The Kier molecular flexibility index (Phi) is 7.08. The van der Waals surface area contributed by atoms with Crippen molar-refractivity contribution in [2.24, 2.45) is 11.8 Å². The third kappa shape index (κ3) is 5.08. The van der Waals surface area contributed by atoms with Crippen LogP contribution in [0.4, 0.5) is 5.69 Å². The monoisotopic (exact) mass is 443 g/mol. The van der Waals surface area contributed by atoms with Crippen molar-refractivity contribution >= 4 is 17.6 Å². The number of hydrogen-bond acceptors (Lipinski definition) is 3. The van der Waals surface area contributed by atoms with Crippen molar-refractivity contribution in [2.75, 3.05) is 12.0 Å². The molecule has 4 rings (SSSR count). The van der Waals surface area contributed by atoms with Crippen molar-refractivity contribution in [1.29, 1.82) is 0 Å². The molecule has 1 amide bonds. The fourth-order valence-corrected chi connectivity index (χ4v) is 4.76. The third-order valence-electron chi connectivity index (χ3n) is 6.47. The summed E-state index contributed by atoms with van der Waals surface area (Å²) in [6.45, 7) is 0. The Morgan fingerprint density at radius 2 is 1.55 bits per heavy atom. The number of ether oxygens (including phenoxy) is 1. The van der Waals surface area contributed by atoms with Crippen molar-refractivity contribution < 1.29 is 19.4 Å². The minimum Gasteiger partial charge on any atom is -0.497 e. The summed E-state index contributed by atoms with van der Waals surface area (Å²) in [6, 6.07) is 26.7. The van der Waals surface area contributed by atoms with Gasteiger partial charge in [0.05, 0.1) is 25.0 Å². The summed E-state index contributed by atoms with van der Waals surface area (Å²) in [5.74, 6) is -1.17. The predicted octanol–water partition coefficient (Wildman–Crippen LogP) is 4.99. The Balaban J connectivity index is 1.57. The lowest BCUT2D eigenvalue weighted by Crippen LogP contribution is -2.65. The van der Waals surface area contributed by atoms with Crippen LogP contribution in [0, 0.1) is 11.8 Å². The molecule has 3 aromatic rings. The number of β-lactam (4-membered cyclic amide) rings is 1. The number of methoxy groups -OCH3 is 1. The SMILES string of the molecule is COc1ccc(N2C(=O)C(CCCc3ccccc3)C2C(Cc2ccccc2)C(=O)O)cc1. The lowest BCUT2D eigenvalue weighted by Gasteiger charge is -2.50. The number of hydrogen-bond donors (Lipinski definition) is 1. The number of aryl methyl sites for hydroxylation is 1. The van der Waals surface area contributed by atoms with Gasteiger partial charge in [-0.15, -0.1) is 0 Å². The van der Waals surface area contributed by atoms with Crippen LogP contribution >= 0.6 is 0 Å². The zero-order chi connectivity index (χ0) is 23.2. The zero-order valence-corrected chi connectivity index (χ0v) is 18.8. The maximum Gasteiger partial charge on any atom is 0.308 e. The van der Waals surface area contributed by atoms with E-state index in [1.165, 1.54) is 5.56 Å². The largest absolute Gasteiger partial charge is 0.497 e. The molecule has 1 N–H and O–H groups in total. The Hall–Kier alpha value is -3.60. The molecule has 3 atom stereocenters.